The number of amides is 3. The molecule has 1 aliphatic rings. The number of halogens is 6. The van der Waals surface area contributed by atoms with Gasteiger partial charge in [-0.25, -0.2) is 46.3 Å². The normalized spacial score (nSPS) is 11.8. The minimum absolute atomic E-state index is 0.00125. The largest absolute Gasteiger partial charge is 0.354 e. The van der Waals surface area contributed by atoms with Gasteiger partial charge in [-0.05, 0) is 24.6 Å². The molecule has 20 nitrogen and oxygen atoms in total. The van der Waals surface area contributed by atoms with E-state index in [-0.39, 0.29) is 85.9 Å². The molecule has 7 aromatic heterocycles. The van der Waals surface area contributed by atoms with Gasteiger partial charge in [-0.3, -0.25) is 14.4 Å². The number of hydrogen-bond donors (Lipinski definition) is 4. The molecule has 3 amide bonds. The highest BCUT2D eigenvalue weighted by atomic mass is 19.2. The lowest BCUT2D eigenvalue weighted by atomic mass is 10.1. The molecule has 0 atom stereocenters. The number of rotatable bonds is 13. The van der Waals surface area contributed by atoms with Crippen LogP contribution < -0.4 is 5.32 Å². The second-order valence-corrected chi connectivity index (χ2v) is 16.7. The Balaban J connectivity index is 0.000000142. The maximum atomic E-state index is 14.1. The molecule has 0 spiro atoms. The molecule has 3 aromatic carbocycles. The molecular formula is C51H40F6N14O6. The molecule has 77 heavy (non-hydrogen) atoms. The first-order chi connectivity index (χ1) is 37.3. The zero-order valence-corrected chi connectivity index (χ0v) is 40.3. The SMILES string of the molecule is CN(C)C(=O)c1ncc(-c2oncc2-c2cccc(F)c2F)[nH]1.O=C(NCCCn1ccnc1)c1ncc(-c2oncc2-c2cccc(F)c2F)[nH]1.O=C(c1ncc(-c2oncc2-c2cccc(F)c2F)[nH]1)N1CC=CC1. The summed E-state index contributed by atoms with van der Waals surface area (Å²) in [7, 11) is 3.18. The number of hydrogen-bond acceptors (Lipinski definition) is 13. The average Bonchev–Trinajstić information content (AvgIpc) is 4.28. The van der Waals surface area contributed by atoms with E-state index in [0.717, 1.165) is 31.2 Å². The van der Waals surface area contributed by atoms with Gasteiger partial charge in [-0.1, -0.05) is 64.0 Å². The number of carbonyl (C=O) groups is 3. The van der Waals surface area contributed by atoms with Crippen molar-refractivity contribution in [1.29, 1.82) is 0 Å². The minimum Gasteiger partial charge on any atom is -0.354 e. The standard InChI is InChI=1S/C19H16F2N6O2.C17H12F2N4O2.C15H12F2N4O2/c20-14-4-1-3-12(16(14)21)13-9-25-29-17(13)15-10-24-18(26-15)19(28)23-5-2-7-27-8-6-22-11-27;18-12-5-3-4-10(14(12)19)11-8-21-25-15(11)13-9-20-16(22-13)17(24)23-6-1-2-7-23;1-21(2)15(22)14-18-7-11(20-14)13-9(6-19-23-13)8-4-3-5-10(16)12(8)17/h1,3-4,6,8-11H,2,5,7H2,(H,23,28)(H,24,26);1-5,8-9H,6-7H2,(H,20,22);3-7H,1-2H3,(H,18,20). The lowest BCUT2D eigenvalue weighted by Gasteiger charge is -2.12. The van der Waals surface area contributed by atoms with Gasteiger partial charge in [0.1, 0.15) is 17.1 Å². The summed E-state index contributed by atoms with van der Waals surface area (Å²) < 4.78 is 100.0. The summed E-state index contributed by atoms with van der Waals surface area (Å²) in [5.74, 6) is -6.07. The quantitative estimate of drug-likeness (QED) is 0.0479. The van der Waals surface area contributed by atoms with Gasteiger partial charge in [-0.15, -0.1) is 0 Å². The monoisotopic (exact) mass is 1060 g/mol. The van der Waals surface area contributed by atoms with Crippen LogP contribution in [-0.2, 0) is 6.54 Å². The fourth-order valence-electron chi connectivity index (χ4n) is 7.63. The van der Waals surface area contributed by atoms with E-state index in [1.54, 1.807) is 31.5 Å². The summed E-state index contributed by atoms with van der Waals surface area (Å²) in [6, 6.07) is 11.5. The van der Waals surface area contributed by atoms with Gasteiger partial charge < -0.3 is 48.2 Å². The third kappa shape index (κ3) is 11.3. The van der Waals surface area contributed by atoms with Crippen molar-refractivity contribution in [2.75, 3.05) is 33.7 Å². The predicted octanol–water partition coefficient (Wildman–Crippen LogP) is 8.76. The number of carbonyl (C=O) groups excluding carboxylic acids is 3. The van der Waals surface area contributed by atoms with Crippen LogP contribution in [0.3, 0.4) is 0 Å². The molecule has 0 fully saturated rings. The number of nitrogens with one attached hydrogen (secondary N) is 4. The summed E-state index contributed by atoms with van der Waals surface area (Å²) in [5, 5.41) is 13.7. The van der Waals surface area contributed by atoms with E-state index in [1.807, 2.05) is 22.9 Å². The second kappa shape index (κ2) is 23.0. The highest BCUT2D eigenvalue weighted by Gasteiger charge is 2.26. The topological polar surface area (TPSA) is 252 Å². The lowest BCUT2D eigenvalue weighted by molar-refractivity contribution is 0.0787. The van der Waals surface area contributed by atoms with E-state index in [2.05, 4.69) is 55.7 Å². The van der Waals surface area contributed by atoms with Gasteiger partial charge in [0, 0.05) is 69.4 Å². The Morgan fingerprint density at radius 2 is 1.04 bits per heavy atom. The Morgan fingerprint density at radius 3 is 1.49 bits per heavy atom. The van der Waals surface area contributed by atoms with E-state index in [9.17, 15) is 40.7 Å². The van der Waals surface area contributed by atoms with E-state index in [1.165, 1.54) is 78.5 Å². The van der Waals surface area contributed by atoms with E-state index in [4.69, 9.17) is 13.6 Å². The van der Waals surface area contributed by atoms with Crippen molar-refractivity contribution in [3.63, 3.8) is 0 Å². The van der Waals surface area contributed by atoms with Crippen molar-refractivity contribution < 1.29 is 54.3 Å². The number of aromatic amines is 3. The number of H-pyrrole nitrogens is 3. The first-order valence-corrected chi connectivity index (χ1v) is 23.0. The first-order valence-electron chi connectivity index (χ1n) is 23.0. The maximum absolute atomic E-state index is 14.1. The predicted molar refractivity (Wildman–Crippen MR) is 261 cm³/mol. The Bertz CT molecular complexity index is 3720. The van der Waals surface area contributed by atoms with Crippen LogP contribution in [-0.4, -0.2) is 116 Å². The highest BCUT2D eigenvalue weighted by molar-refractivity contribution is 5.93. The van der Waals surface area contributed by atoms with Crippen LogP contribution >= 0.6 is 0 Å². The lowest BCUT2D eigenvalue weighted by Crippen LogP contribution is -2.29. The van der Waals surface area contributed by atoms with Gasteiger partial charge in [0.25, 0.3) is 17.7 Å². The average molecular weight is 1060 g/mol. The zero-order chi connectivity index (χ0) is 54.2. The molecule has 0 bridgehead atoms. The highest BCUT2D eigenvalue weighted by Crippen LogP contribution is 2.36. The van der Waals surface area contributed by atoms with Crippen LogP contribution in [0.4, 0.5) is 26.3 Å². The summed E-state index contributed by atoms with van der Waals surface area (Å²) in [4.78, 5) is 63.9. The van der Waals surface area contributed by atoms with Crippen molar-refractivity contribution in [2.24, 2.45) is 0 Å². The van der Waals surface area contributed by atoms with Crippen LogP contribution in [0.2, 0.25) is 0 Å². The molecule has 10 aromatic rings. The van der Waals surface area contributed by atoms with Crippen molar-refractivity contribution in [3.05, 3.63) is 175 Å². The van der Waals surface area contributed by atoms with E-state index in [0.29, 0.717) is 36.7 Å². The fourth-order valence-corrected chi connectivity index (χ4v) is 7.63. The smallest absolute Gasteiger partial charge is 0.290 e. The third-order valence-electron chi connectivity index (χ3n) is 11.5. The van der Waals surface area contributed by atoms with Crippen LogP contribution in [0.25, 0.3) is 67.7 Å². The van der Waals surface area contributed by atoms with Crippen molar-refractivity contribution in [2.45, 2.75) is 13.0 Å². The molecular weight excluding hydrogens is 1020 g/mol. The molecule has 0 saturated heterocycles. The Labute approximate surface area is 430 Å². The molecule has 4 N–H and O–H groups in total. The number of benzene rings is 3. The van der Waals surface area contributed by atoms with E-state index >= 15 is 0 Å². The zero-order valence-electron chi connectivity index (χ0n) is 40.3. The van der Waals surface area contributed by atoms with Gasteiger partial charge >= 0.3 is 0 Å². The van der Waals surface area contributed by atoms with Crippen molar-refractivity contribution in [1.82, 2.24) is 70.0 Å². The second-order valence-electron chi connectivity index (χ2n) is 16.7. The van der Waals surface area contributed by atoms with E-state index < -0.39 is 34.9 Å². The molecule has 0 unspecified atom stereocenters. The Morgan fingerprint density at radius 1 is 0.597 bits per heavy atom. The molecule has 8 heterocycles. The van der Waals surface area contributed by atoms with Crippen LogP contribution in [0.1, 0.15) is 38.3 Å². The van der Waals surface area contributed by atoms with Crippen molar-refractivity contribution in [3.8, 4) is 67.7 Å². The number of imidazole rings is 4. The third-order valence-corrected chi connectivity index (χ3v) is 11.5. The summed E-state index contributed by atoms with van der Waals surface area (Å²) in [5.41, 5.74) is 1.82. The number of aromatic nitrogens is 11. The molecule has 392 valence electrons. The molecule has 26 heteroatoms. The molecule has 0 aliphatic carbocycles. The van der Waals surface area contributed by atoms with Crippen LogP contribution in [0, 0.1) is 34.9 Å². The van der Waals surface area contributed by atoms with Crippen LogP contribution in [0.15, 0.2) is 136 Å². The summed E-state index contributed by atoms with van der Waals surface area (Å²) in [6.07, 6.45) is 17.8. The van der Waals surface area contributed by atoms with Gasteiger partial charge in [-0.2, -0.15) is 0 Å². The maximum Gasteiger partial charge on any atom is 0.290 e. The summed E-state index contributed by atoms with van der Waals surface area (Å²) in [6.45, 7) is 2.23. The van der Waals surface area contributed by atoms with Gasteiger partial charge in [0.05, 0.1) is 60.2 Å². The summed E-state index contributed by atoms with van der Waals surface area (Å²) >= 11 is 0. The molecule has 0 radical (unpaired) electrons. The number of aryl methyl sites for hydroxylation is 1. The van der Waals surface area contributed by atoms with Crippen molar-refractivity contribution >= 4 is 17.7 Å². The molecule has 1 aliphatic heterocycles. The number of nitrogens with zero attached hydrogens (tertiary/aromatic N) is 10. The Kier molecular flexibility index (Phi) is 15.4. The first kappa shape index (κ1) is 51.7. The van der Waals surface area contributed by atoms with Gasteiger partial charge in [0.2, 0.25) is 0 Å². The van der Waals surface area contributed by atoms with Gasteiger partial charge in [0.15, 0.2) is 69.7 Å². The Hall–Kier alpha value is -10.1. The van der Waals surface area contributed by atoms with Crippen LogP contribution in [0.5, 0.6) is 0 Å². The minimum atomic E-state index is -1.01. The molecule has 11 rings (SSSR count). The fraction of sp³-hybridized carbons (Fsp3) is 0.137. The molecule has 0 saturated carbocycles.